The van der Waals surface area contributed by atoms with Crippen molar-refractivity contribution in [1.29, 1.82) is 5.26 Å². The van der Waals surface area contributed by atoms with Gasteiger partial charge >= 0.3 is 0 Å². The predicted octanol–water partition coefficient (Wildman–Crippen LogP) is 5.20. The first-order valence-corrected chi connectivity index (χ1v) is 9.95. The van der Waals surface area contributed by atoms with Crippen LogP contribution in [0, 0.1) is 17.1 Å². The Hall–Kier alpha value is -3.21. The Balaban J connectivity index is 1.77. The summed E-state index contributed by atoms with van der Waals surface area (Å²) >= 11 is 9.62. The minimum absolute atomic E-state index is 0.293. The molecule has 0 fully saturated rings. The van der Waals surface area contributed by atoms with E-state index in [2.05, 4.69) is 26.6 Å². The van der Waals surface area contributed by atoms with Crippen molar-refractivity contribution >= 4 is 45.0 Å². The highest BCUT2D eigenvalue weighted by Crippen LogP contribution is 2.41. The average Bonchev–Trinajstić information content (AvgIpc) is 3.06. The van der Waals surface area contributed by atoms with Crippen LogP contribution in [0.1, 0.15) is 43.4 Å². The number of halogens is 3. The summed E-state index contributed by atoms with van der Waals surface area (Å²) in [5.41, 5.74) is 2.41. The maximum atomic E-state index is 13.9. The zero-order valence-corrected chi connectivity index (χ0v) is 17.5. The van der Waals surface area contributed by atoms with Crippen LogP contribution in [0.3, 0.4) is 0 Å². The summed E-state index contributed by atoms with van der Waals surface area (Å²) in [5.74, 6) is -1.26. The number of nitrogens with one attached hydrogen (secondary N) is 2. The molecule has 0 radical (unpaired) electrons. The predicted molar refractivity (Wildman–Crippen MR) is 114 cm³/mol. The third-order valence-corrected chi connectivity index (χ3v) is 5.55. The second kappa shape index (κ2) is 7.90. The van der Waals surface area contributed by atoms with Crippen molar-refractivity contribution in [3.05, 3.63) is 97.7 Å². The molecule has 8 heteroatoms. The Kier molecular flexibility index (Phi) is 5.29. The van der Waals surface area contributed by atoms with Gasteiger partial charge in [-0.2, -0.15) is 5.26 Å². The molecule has 5 nitrogen and oxygen atoms in total. The second-order valence-electron chi connectivity index (χ2n) is 6.63. The highest BCUT2D eigenvalue weighted by Gasteiger charge is 2.34. The molecule has 0 aromatic heterocycles. The lowest BCUT2D eigenvalue weighted by atomic mass is 9.96. The molecule has 2 N–H and O–H groups in total. The van der Waals surface area contributed by atoms with Gasteiger partial charge in [0, 0.05) is 37.4 Å². The Labute approximate surface area is 184 Å². The molecule has 0 aliphatic carbocycles. The van der Waals surface area contributed by atoms with Crippen LogP contribution in [-0.4, -0.2) is 11.8 Å². The minimum atomic E-state index is -0.722. The van der Waals surface area contributed by atoms with Gasteiger partial charge < -0.3 is 10.6 Å². The molecule has 0 bridgehead atoms. The highest BCUT2D eigenvalue weighted by atomic mass is 79.9. The first-order chi connectivity index (χ1) is 14.4. The van der Waals surface area contributed by atoms with E-state index in [0.29, 0.717) is 43.0 Å². The van der Waals surface area contributed by atoms with Crippen LogP contribution in [0.5, 0.6) is 0 Å². The van der Waals surface area contributed by atoms with Gasteiger partial charge in [-0.25, -0.2) is 4.39 Å². The van der Waals surface area contributed by atoms with Gasteiger partial charge in [-0.05, 0) is 54.6 Å². The molecular weight excluding hydrogens is 473 g/mol. The highest BCUT2D eigenvalue weighted by molar-refractivity contribution is 9.10. The van der Waals surface area contributed by atoms with Crippen molar-refractivity contribution in [2.24, 2.45) is 0 Å². The number of carbonyl (C=O) groups excluding carboxylic acids is 2. The zero-order chi connectivity index (χ0) is 21.4. The van der Waals surface area contributed by atoms with E-state index in [4.69, 9.17) is 16.9 Å². The molecule has 1 heterocycles. The summed E-state index contributed by atoms with van der Waals surface area (Å²) in [6.45, 7) is 0. The molecule has 1 unspecified atom stereocenters. The van der Waals surface area contributed by atoms with Gasteiger partial charge in [-0.1, -0.05) is 27.5 Å². The largest absolute Gasteiger partial charge is 0.341 e. The number of rotatable bonds is 3. The third kappa shape index (κ3) is 3.67. The van der Waals surface area contributed by atoms with Gasteiger partial charge in [-0.3, -0.25) is 9.59 Å². The number of nitrogens with zero attached hydrogens (tertiary/aromatic N) is 1. The standard InChI is InChI=1S/C22H12BrClFN3O2/c23-13-7-16-19(20(28-22(16)30)15-9-14(25)5-6-17(15)24)18(8-13)27-21(29)12-3-1-11(10-26)2-4-12/h1-9,20H,(H,27,29)(H,28,30). The van der Waals surface area contributed by atoms with E-state index in [0.717, 1.165) is 0 Å². The first kappa shape index (κ1) is 20.1. The van der Waals surface area contributed by atoms with E-state index in [9.17, 15) is 14.0 Å². The van der Waals surface area contributed by atoms with Crippen molar-refractivity contribution in [2.75, 3.05) is 5.32 Å². The summed E-state index contributed by atoms with van der Waals surface area (Å²) < 4.78 is 14.5. The Morgan fingerprint density at radius 2 is 1.90 bits per heavy atom. The fraction of sp³-hybridized carbons (Fsp3) is 0.0455. The van der Waals surface area contributed by atoms with Gasteiger partial charge in [0.15, 0.2) is 0 Å². The molecule has 0 spiro atoms. The van der Waals surface area contributed by atoms with Gasteiger partial charge in [0.05, 0.1) is 17.7 Å². The number of nitriles is 1. The molecule has 3 aromatic rings. The van der Waals surface area contributed by atoms with Crippen molar-refractivity contribution in [3.8, 4) is 6.07 Å². The molecule has 0 saturated carbocycles. The Bertz CT molecular complexity index is 1240. The van der Waals surface area contributed by atoms with Gasteiger partial charge in [0.25, 0.3) is 11.8 Å². The van der Waals surface area contributed by atoms with E-state index >= 15 is 0 Å². The summed E-state index contributed by atoms with van der Waals surface area (Å²) in [7, 11) is 0. The average molecular weight is 485 g/mol. The molecule has 1 aliphatic rings. The number of fused-ring (bicyclic) bond motifs is 1. The quantitative estimate of drug-likeness (QED) is 0.536. The number of hydrogen-bond donors (Lipinski definition) is 2. The minimum Gasteiger partial charge on any atom is -0.341 e. The lowest BCUT2D eigenvalue weighted by Gasteiger charge is -2.18. The van der Waals surface area contributed by atoms with Crippen LogP contribution >= 0.6 is 27.5 Å². The molecule has 2 amide bonds. The molecule has 1 atom stereocenters. The van der Waals surface area contributed by atoms with Gasteiger partial charge in [0.1, 0.15) is 5.82 Å². The summed E-state index contributed by atoms with van der Waals surface area (Å²) in [5, 5.41) is 14.8. The lowest BCUT2D eigenvalue weighted by molar-refractivity contribution is 0.0959. The maximum Gasteiger partial charge on any atom is 0.255 e. The van der Waals surface area contributed by atoms with Crippen molar-refractivity contribution < 1.29 is 14.0 Å². The monoisotopic (exact) mass is 483 g/mol. The van der Waals surface area contributed by atoms with E-state index in [-0.39, 0.29) is 5.91 Å². The zero-order valence-electron chi connectivity index (χ0n) is 15.2. The third-order valence-electron chi connectivity index (χ3n) is 4.75. The van der Waals surface area contributed by atoms with Crippen LogP contribution < -0.4 is 10.6 Å². The Morgan fingerprint density at radius 1 is 1.17 bits per heavy atom. The number of hydrogen-bond acceptors (Lipinski definition) is 3. The molecule has 3 aromatic carbocycles. The first-order valence-electron chi connectivity index (χ1n) is 8.78. The molecule has 30 heavy (non-hydrogen) atoms. The number of anilines is 1. The van der Waals surface area contributed by atoms with Crippen LogP contribution in [-0.2, 0) is 0 Å². The molecular formula is C22H12BrClFN3O2. The van der Waals surface area contributed by atoms with Crippen LogP contribution in [0.4, 0.5) is 10.1 Å². The topological polar surface area (TPSA) is 82.0 Å². The van der Waals surface area contributed by atoms with Gasteiger partial charge in [-0.15, -0.1) is 0 Å². The smallest absolute Gasteiger partial charge is 0.255 e. The van der Waals surface area contributed by atoms with E-state index < -0.39 is 17.8 Å². The van der Waals surface area contributed by atoms with E-state index in [1.807, 2.05) is 6.07 Å². The maximum absolute atomic E-state index is 13.9. The SMILES string of the molecule is N#Cc1ccc(C(=O)Nc2cc(Br)cc3c2C(c2cc(F)ccc2Cl)NC3=O)cc1. The number of amides is 2. The fourth-order valence-electron chi connectivity index (χ4n) is 3.36. The fourth-order valence-corrected chi connectivity index (χ4v) is 4.05. The van der Waals surface area contributed by atoms with Crippen molar-refractivity contribution in [2.45, 2.75) is 6.04 Å². The normalized spacial score (nSPS) is 14.6. The summed E-state index contributed by atoms with van der Waals surface area (Å²) in [6, 6.07) is 14.7. The van der Waals surface area contributed by atoms with Crippen molar-refractivity contribution in [1.82, 2.24) is 5.32 Å². The molecule has 0 saturated heterocycles. The van der Waals surface area contributed by atoms with Crippen molar-refractivity contribution in [3.63, 3.8) is 0 Å². The van der Waals surface area contributed by atoms with Crippen LogP contribution in [0.2, 0.25) is 5.02 Å². The van der Waals surface area contributed by atoms with Crippen LogP contribution in [0.15, 0.2) is 59.1 Å². The van der Waals surface area contributed by atoms with Crippen LogP contribution in [0.25, 0.3) is 0 Å². The van der Waals surface area contributed by atoms with E-state index in [1.54, 1.807) is 24.3 Å². The lowest BCUT2D eigenvalue weighted by Crippen LogP contribution is -2.21. The molecule has 1 aliphatic heterocycles. The summed E-state index contributed by atoms with van der Waals surface area (Å²) in [4.78, 5) is 25.3. The Morgan fingerprint density at radius 3 is 2.60 bits per heavy atom. The molecule has 4 rings (SSSR count). The molecule has 148 valence electrons. The second-order valence-corrected chi connectivity index (χ2v) is 7.95. The number of benzene rings is 3. The van der Waals surface area contributed by atoms with E-state index in [1.165, 1.54) is 30.3 Å². The number of carbonyl (C=O) groups is 2. The summed E-state index contributed by atoms with van der Waals surface area (Å²) in [6.07, 6.45) is 0. The van der Waals surface area contributed by atoms with Gasteiger partial charge in [0.2, 0.25) is 0 Å².